The first-order valence-electron chi connectivity index (χ1n) is 9.50. The second kappa shape index (κ2) is 7.19. The van der Waals surface area contributed by atoms with Gasteiger partial charge in [0.1, 0.15) is 16.5 Å². The highest BCUT2D eigenvalue weighted by atomic mass is 35.5. The van der Waals surface area contributed by atoms with Crippen LogP contribution in [0.1, 0.15) is 64.7 Å². The van der Waals surface area contributed by atoms with Gasteiger partial charge in [0.2, 0.25) is 0 Å². The van der Waals surface area contributed by atoms with Crippen LogP contribution in [0.2, 0.25) is 5.15 Å². The Hall–Kier alpha value is -2.86. The van der Waals surface area contributed by atoms with E-state index in [2.05, 4.69) is 10.3 Å². The first kappa shape index (κ1) is 19.5. The Kier molecular flexibility index (Phi) is 4.82. The van der Waals surface area contributed by atoms with Gasteiger partial charge in [-0.25, -0.2) is 9.78 Å². The SMILES string of the molecule is Cc1cc(C(C)Nc2ccc(Cl)nc2C(=O)O)c2oc(C3CC3)c(C)c(=O)c2c1. The first-order chi connectivity index (χ1) is 13.8. The maximum atomic E-state index is 13.0. The number of carboxylic acids is 1. The molecule has 1 aliphatic carbocycles. The molecule has 1 atom stereocenters. The van der Waals surface area contributed by atoms with Gasteiger partial charge in [0, 0.05) is 17.0 Å². The number of nitrogens with one attached hydrogen (secondary N) is 1. The lowest BCUT2D eigenvalue weighted by molar-refractivity contribution is 0.0691. The lowest BCUT2D eigenvalue weighted by atomic mass is 9.99. The van der Waals surface area contributed by atoms with Crippen molar-refractivity contribution >= 4 is 34.2 Å². The Bertz CT molecular complexity index is 1200. The fourth-order valence-corrected chi connectivity index (χ4v) is 3.81. The number of benzene rings is 1. The summed E-state index contributed by atoms with van der Waals surface area (Å²) in [6.45, 7) is 5.64. The summed E-state index contributed by atoms with van der Waals surface area (Å²) in [6.07, 6.45) is 2.06. The Morgan fingerprint density at radius 1 is 1.31 bits per heavy atom. The zero-order valence-corrected chi connectivity index (χ0v) is 17.1. The van der Waals surface area contributed by atoms with E-state index in [9.17, 15) is 14.7 Å². The van der Waals surface area contributed by atoms with E-state index in [4.69, 9.17) is 16.0 Å². The highest BCUT2D eigenvalue weighted by Crippen LogP contribution is 2.42. The van der Waals surface area contributed by atoms with Gasteiger partial charge >= 0.3 is 5.97 Å². The molecule has 1 saturated carbocycles. The molecule has 0 aliphatic heterocycles. The van der Waals surface area contributed by atoms with E-state index in [1.54, 1.807) is 6.07 Å². The van der Waals surface area contributed by atoms with E-state index >= 15 is 0 Å². The summed E-state index contributed by atoms with van der Waals surface area (Å²) in [5.74, 6) is -0.0998. The van der Waals surface area contributed by atoms with Crippen LogP contribution < -0.4 is 10.7 Å². The van der Waals surface area contributed by atoms with Crippen LogP contribution in [0.15, 0.2) is 33.5 Å². The largest absolute Gasteiger partial charge is 0.476 e. The molecule has 0 radical (unpaired) electrons. The number of fused-ring (bicyclic) bond motifs is 1. The third-order valence-corrected chi connectivity index (χ3v) is 5.49. The zero-order valence-electron chi connectivity index (χ0n) is 16.4. The predicted molar refractivity (Wildman–Crippen MR) is 112 cm³/mol. The summed E-state index contributed by atoms with van der Waals surface area (Å²) in [7, 11) is 0. The minimum Gasteiger partial charge on any atom is -0.476 e. The number of aromatic nitrogens is 1. The van der Waals surface area contributed by atoms with Gasteiger partial charge in [0.15, 0.2) is 11.1 Å². The summed E-state index contributed by atoms with van der Waals surface area (Å²) in [4.78, 5) is 28.4. The molecule has 2 N–H and O–H groups in total. The third-order valence-electron chi connectivity index (χ3n) is 5.28. The average molecular weight is 413 g/mol. The number of pyridine rings is 1. The number of halogens is 1. The zero-order chi connectivity index (χ0) is 20.9. The highest BCUT2D eigenvalue weighted by Gasteiger charge is 2.30. The van der Waals surface area contributed by atoms with Crippen molar-refractivity contribution in [1.82, 2.24) is 4.98 Å². The summed E-state index contributed by atoms with van der Waals surface area (Å²) >= 11 is 5.85. The fourth-order valence-electron chi connectivity index (χ4n) is 3.67. The number of carboxylic acid groups (broad SMARTS) is 1. The number of aromatic carboxylic acids is 1. The second-order valence-electron chi connectivity index (χ2n) is 7.63. The molecule has 150 valence electrons. The van der Waals surface area contributed by atoms with Crippen LogP contribution in [-0.4, -0.2) is 16.1 Å². The van der Waals surface area contributed by atoms with E-state index in [0.29, 0.717) is 28.1 Å². The Morgan fingerprint density at radius 3 is 2.69 bits per heavy atom. The van der Waals surface area contributed by atoms with Crippen molar-refractivity contribution in [1.29, 1.82) is 0 Å². The van der Waals surface area contributed by atoms with Gasteiger partial charge in [-0.05, 0) is 57.4 Å². The van der Waals surface area contributed by atoms with E-state index in [1.165, 1.54) is 6.07 Å². The highest BCUT2D eigenvalue weighted by molar-refractivity contribution is 6.29. The molecule has 3 aromatic rings. The maximum absolute atomic E-state index is 13.0. The van der Waals surface area contributed by atoms with Gasteiger partial charge in [-0.1, -0.05) is 17.7 Å². The van der Waals surface area contributed by atoms with Crippen molar-refractivity contribution in [3.63, 3.8) is 0 Å². The first-order valence-corrected chi connectivity index (χ1v) is 9.88. The Balaban J connectivity index is 1.83. The Labute approximate surface area is 172 Å². The quantitative estimate of drug-likeness (QED) is 0.559. The standard InChI is InChI=1S/C22H21ClN2O4/c1-10-8-14(12(3)24-16-6-7-17(23)25-18(16)22(27)28)21-15(9-10)19(26)11(2)20(29-21)13-4-5-13/h6-9,12-13,24H,4-5H2,1-3H3,(H,27,28). The van der Waals surface area contributed by atoms with Crippen molar-refractivity contribution < 1.29 is 14.3 Å². The lowest BCUT2D eigenvalue weighted by Crippen LogP contribution is -2.15. The van der Waals surface area contributed by atoms with Gasteiger partial charge in [0.05, 0.1) is 17.1 Å². The number of anilines is 1. The summed E-state index contributed by atoms with van der Waals surface area (Å²) in [6, 6.07) is 6.60. The molecule has 6 nitrogen and oxygen atoms in total. The maximum Gasteiger partial charge on any atom is 0.356 e. The molecule has 29 heavy (non-hydrogen) atoms. The molecule has 0 bridgehead atoms. The molecule has 7 heteroatoms. The molecule has 0 saturated heterocycles. The summed E-state index contributed by atoms with van der Waals surface area (Å²) in [5, 5.41) is 13.3. The molecule has 1 fully saturated rings. The number of rotatable bonds is 5. The van der Waals surface area contributed by atoms with Gasteiger partial charge in [-0.2, -0.15) is 0 Å². The molecule has 1 aromatic carbocycles. The van der Waals surface area contributed by atoms with Crippen molar-refractivity contribution in [3.8, 4) is 0 Å². The second-order valence-corrected chi connectivity index (χ2v) is 8.01. The molecular formula is C22H21ClN2O4. The molecule has 0 amide bonds. The van der Waals surface area contributed by atoms with Crippen LogP contribution in [0.3, 0.4) is 0 Å². The minimum atomic E-state index is -1.17. The van der Waals surface area contributed by atoms with Gasteiger partial charge < -0.3 is 14.8 Å². The molecule has 4 rings (SSSR count). The van der Waals surface area contributed by atoms with Crippen molar-refractivity contribution in [2.45, 2.75) is 45.6 Å². The molecule has 0 spiro atoms. The van der Waals surface area contributed by atoms with Crippen LogP contribution in [0.25, 0.3) is 11.0 Å². The summed E-state index contributed by atoms with van der Waals surface area (Å²) < 4.78 is 6.25. The molecule has 1 aliphatic rings. The smallest absolute Gasteiger partial charge is 0.356 e. The van der Waals surface area contributed by atoms with Gasteiger partial charge in [-0.15, -0.1) is 0 Å². The molecular weight excluding hydrogens is 392 g/mol. The fraction of sp³-hybridized carbons (Fsp3) is 0.318. The average Bonchev–Trinajstić information content (AvgIpc) is 3.50. The van der Waals surface area contributed by atoms with E-state index in [-0.39, 0.29) is 22.3 Å². The Morgan fingerprint density at radius 2 is 2.03 bits per heavy atom. The van der Waals surface area contributed by atoms with E-state index in [1.807, 2.05) is 32.9 Å². The van der Waals surface area contributed by atoms with Gasteiger partial charge in [0.25, 0.3) is 0 Å². The number of hydrogen-bond donors (Lipinski definition) is 2. The summed E-state index contributed by atoms with van der Waals surface area (Å²) in [5.41, 5.74) is 3.13. The topological polar surface area (TPSA) is 92.4 Å². The number of carbonyl (C=O) groups is 1. The number of nitrogens with zero attached hydrogens (tertiary/aromatic N) is 1. The lowest BCUT2D eigenvalue weighted by Gasteiger charge is -2.19. The third kappa shape index (κ3) is 3.60. The normalized spacial score (nSPS) is 14.8. The minimum absolute atomic E-state index is 0.00955. The number of hydrogen-bond acceptors (Lipinski definition) is 5. The van der Waals surface area contributed by atoms with Crippen LogP contribution in [0, 0.1) is 13.8 Å². The van der Waals surface area contributed by atoms with Crippen molar-refractivity contribution in [3.05, 3.63) is 67.8 Å². The monoisotopic (exact) mass is 412 g/mol. The van der Waals surface area contributed by atoms with E-state index in [0.717, 1.165) is 29.7 Å². The van der Waals surface area contributed by atoms with Crippen molar-refractivity contribution in [2.24, 2.45) is 0 Å². The van der Waals surface area contributed by atoms with Crippen LogP contribution in [0.4, 0.5) is 5.69 Å². The van der Waals surface area contributed by atoms with E-state index < -0.39 is 5.97 Å². The van der Waals surface area contributed by atoms with Gasteiger partial charge in [-0.3, -0.25) is 4.79 Å². The number of aryl methyl sites for hydroxylation is 1. The van der Waals surface area contributed by atoms with Crippen LogP contribution in [-0.2, 0) is 0 Å². The van der Waals surface area contributed by atoms with Crippen LogP contribution in [0.5, 0.6) is 0 Å². The molecule has 2 heterocycles. The van der Waals surface area contributed by atoms with Crippen LogP contribution >= 0.6 is 11.6 Å². The molecule has 2 aromatic heterocycles. The predicted octanol–water partition coefficient (Wildman–Crippen LogP) is 5.21. The molecule has 1 unspecified atom stereocenters. The van der Waals surface area contributed by atoms with Crippen molar-refractivity contribution in [2.75, 3.05) is 5.32 Å².